The van der Waals surface area contributed by atoms with Gasteiger partial charge in [0.25, 0.3) is 0 Å². The lowest BCUT2D eigenvalue weighted by atomic mass is 10.1. The molecule has 0 fully saturated rings. The van der Waals surface area contributed by atoms with E-state index in [9.17, 15) is 28.2 Å². The van der Waals surface area contributed by atoms with E-state index >= 15 is 0 Å². The molecule has 3 N–H and O–H groups in total. The fraction of sp³-hybridized carbons (Fsp3) is 0.158. The fourth-order valence-corrected chi connectivity index (χ4v) is 2.60. The van der Waals surface area contributed by atoms with Gasteiger partial charge in [0.2, 0.25) is 11.2 Å². The van der Waals surface area contributed by atoms with Crippen LogP contribution in [-0.4, -0.2) is 15.2 Å². The largest absolute Gasteiger partial charge is 0.502 e. The third-order valence-electron chi connectivity index (χ3n) is 3.90. The molecule has 1 aromatic carbocycles. The van der Waals surface area contributed by atoms with Crippen molar-refractivity contribution in [1.29, 1.82) is 0 Å². The van der Waals surface area contributed by atoms with Gasteiger partial charge in [-0.2, -0.15) is 13.2 Å². The van der Waals surface area contributed by atoms with E-state index in [-0.39, 0.29) is 22.9 Å². The SMILES string of the molecule is O=c1cc(CO)oc([C@H](Nc2cccc(C(F)(F)F)c2)c2ccccn2)c1O. The molecule has 0 bridgehead atoms. The number of nitrogens with one attached hydrogen (secondary N) is 1. The Morgan fingerprint density at radius 1 is 1.14 bits per heavy atom. The predicted molar refractivity (Wildman–Crippen MR) is 93.7 cm³/mol. The van der Waals surface area contributed by atoms with E-state index in [1.807, 2.05) is 0 Å². The van der Waals surface area contributed by atoms with Crippen molar-refractivity contribution in [2.75, 3.05) is 5.32 Å². The second kappa shape index (κ2) is 7.73. The molecule has 0 unspecified atom stereocenters. The van der Waals surface area contributed by atoms with E-state index in [1.165, 1.54) is 18.3 Å². The molecule has 3 rings (SSSR count). The Bertz CT molecular complexity index is 1020. The minimum absolute atomic E-state index is 0.0712. The standard InChI is InChI=1S/C19H15F3N2O4/c20-19(21,22)11-4-3-5-12(8-11)24-16(14-6-1-2-7-23-14)18-17(27)15(26)9-13(10-25)28-18/h1-9,16,24-25,27H,10H2/t16-/m1/s1. The summed E-state index contributed by atoms with van der Waals surface area (Å²) in [5.74, 6) is -1.11. The molecule has 3 aromatic rings. The molecule has 0 saturated heterocycles. The molecule has 0 saturated carbocycles. The van der Waals surface area contributed by atoms with Crippen molar-refractivity contribution in [2.45, 2.75) is 18.8 Å². The zero-order chi connectivity index (χ0) is 20.3. The van der Waals surface area contributed by atoms with Crippen molar-refractivity contribution in [3.8, 4) is 5.75 Å². The van der Waals surface area contributed by atoms with E-state index in [2.05, 4.69) is 10.3 Å². The fourth-order valence-electron chi connectivity index (χ4n) is 2.60. The molecule has 0 spiro atoms. The minimum atomic E-state index is -4.54. The van der Waals surface area contributed by atoms with Gasteiger partial charge in [-0.3, -0.25) is 9.78 Å². The molecule has 146 valence electrons. The number of nitrogens with zero attached hydrogens (tertiary/aromatic N) is 1. The van der Waals surface area contributed by atoms with E-state index in [0.29, 0.717) is 0 Å². The third kappa shape index (κ3) is 4.15. The molecule has 0 aliphatic heterocycles. The van der Waals surface area contributed by atoms with E-state index in [0.717, 1.165) is 18.2 Å². The number of aromatic nitrogens is 1. The molecular weight excluding hydrogens is 377 g/mol. The van der Waals surface area contributed by atoms with Gasteiger partial charge in [-0.05, 0) is 30.3 Å². The number of rotatable bonds is 5. The summed E-state index contributed by atoms with van der Waals surface area (Å²) in [4.78, 5) is 16.1. The Kier molecular flexibility index (Phi) is 5.36. The number of pyridine rings is 1. The Balaban J connectivity index is 2.10. The predicted octanol–water partition coefficient (Wildman–Crippen LogP) is 3.45. The first-order chi connectivity index (χ1) is 13.3. The van der Waals surface area contributed by atoms with Crippen LogP contribution in [0.15, 0.2) is 63.9 Å². The number of aliphatic hydroxyl groups is 1. The second-order valence-corrected chi connectivity index (χ2v) is 5.86. The van der Waals surface area contributed by atoms with Crippen molar-refractivity contribution >= 4 is 5.69 Å². The van der Waals surface area contributed by atoms with Crippen molar-refractivity contribution in [3.63, 3.8) is 0 Å². The van der Waals surface area contributed by atoms with Gasteiger partial charge in [0, 0.05) is 18.0 Å². The Morgan fingerprint density at radius 2 is 1.93 bits per heavy atom. The lowest BCUT2D eigenvalue weighted by molar-refractivity contribution is -0.137. The quantitative estimate of drug-likeness (QED) is 0.616. The van der Waals surface area contributed by atoms with Crippen LogP contribution in [0.1, 0.15) is 28.8 Å². The topological polar surface area (TPSA) is 95.6 Å². The average molecular weight is 392 g/mol. The average Bonchev–Trinajstić information content (AvgIpc) is 2.68. The highest BCUT2D eigenvalue weighted by Crippen LogP contribution is 2.34. The maximum Gasteiger partial charge on any atom is 0.416 e. The lowest BCUT2D eigenvalue weighted by Crippen LogP contribution is -2.17. The summed E-state index contributed by atoms with van der Waals surface area (Å²) in [7, 11) is 0. The molecule has 1 atom stereocenters. The molecule has 0 aliphatic carbocycles. The first-order valence-corrected chi connectivity index (χ1v) is 8.11. The number of hydrogen-bond acceptors (Lipinski definition) is 6. The third-order valence-corrected chi connectivity index (χ3v) is 3.90. The summed E-state index contributed by atoms with van der Waals surface area (Å²) >= 11 is 0. The molecule has 0 aliphatic rings. The second-order valence-electron chi connectivity index (χ2n) is 5.86. The number of halogens is 3. The van der Waals surface area contributed by atoms with E-state index in [1.54, 1.807) is 18.2 Å². The van der Waals surface area contributed by atoms with Gasteiger partial charge in [0.05, 0.1) is 11.3 Å². The van der Waals surface area contributed by atoms with Crippen LogP contribution in [0, 0.1) is 0 Å². The van der Waals surface area contributed by atoms with Crippen LogP contribution in [0.5, 0.6) is 5.75 Å². The van der Waals surface area contributed by atoms with Crippen LogP contribution in [0.4, 0.5) is 18.9 Å². The Labute approximate surface area is 156 Å². The van der Waals surface area contributed by atoms with Gasteiger partial charge in [-0.1, -0.05) is 12.1 Å². The van der Waals surface area contributed by atoms with Crippen LogP contribution >= 0.6 is 0 Å². The smallest absolute Gasteiger partial charge is 0.416 e. The summed E-state index contributed by atoms with van der Waals surface area (Å²) in [6, 6.07) is 9.10. The summed E-state index contributed by atoms with van der Waals surface area (Å²) in [5, 5.41) is 22.3. The highest BCUT2D eigenvalue weighted by Gasteiger charge is 2.31. The number of benzene rings is 1. The number of alkyl halides is 3. The molecule has 28 heavy (non-hydrogen) atoms. The lowest BCUT2D eigenvalue weighted by Gasteiger charge is -2.20. The zero-order valence-corrected chi connectivity index (χ0v) is 14.3. The van der Waals surface area contributed by atoms with Crippen molar-refractivity contribution in [3.05, 3.63) is 87.7 Å². The molecule has 6 nitrogen and oxygen atoms in total. The maximum atomic E-state index is 13.0. The summed E-state index contributed by atoms with van der Waals surface area (Å²) < 4.78 is 44.4. The molecule has 0 amide bonds. The molecule has 0 radical (unpaired) electrons. The number of aliphatic hydroxyl groups excluding tert-OH is 1. The summed E-state index contributed by atoms with van der Waals surface area (Å²) in [5.41, 5.74) is -1.31. The number of hydrogen-bond donors (Lipinski definition) is 3. The van der Waals surface area contributed by atoms with Gasteiger partial charge in [0.1, 0.15) is 18.4 Å². The first-order valence-electron chi connectivity index (χ1n) is 8.11. The summed E-state index contributed by atoms with van der Waals surface area (Å²) in [6.07, 6.45) is -3.09. The molecular formula is C19H15F3N2O4. The van der Waals surface area contributed by atoms with E-state index in [4.69, 9.17) is 4.42 Å². The zero-order valence-electron chi connectivity index (χ0n) is 14.3. The van der Waals surface area contributed by atoms with Gasteiger partial charge in [-0.15, -0.1) is 0 Å². The highest BCUT2D eigenvalue weighted by atomic mass is 19.4. The van der Waals surface area contributed by atoms with Crippen molar-refractivity contribution < 1.29 is 27.8 Å². The van der Waals surface area contributed by atoms with Crippen LogP contribution in [0.2, 0.25) is 0 Å². The Morgan fingerprint density at radius 3 is 2.57 bits per heavy atom. The monoisotopic (exact) mass is 392 g/mol. The molecule has 9 heteroatoms. The van der Waals surface area contributed by atoms with Gasteiger partial charge >= 0.3 is 6.18 Å². The molecule has 2 heterocycles. The first kappa shape index (κ1) is 19.4. The van der Waals surface area contributed by atoms with Crippen molar-refractivity contribution in [2.24, 2.45) is 0 Å². The molecule has 2 aromatic heterocycles. The van der Waals surface area contributed by atoms with Crippen LogP contribution in [0.25, 0.3) is 0 Å². The van der Waals surface area contributed by atoms with Gasteiger partial charge in [-0.25, -0.2) is 0 Å². The normalized spacial score (nSPS) is 12.6. The number of aromatic hydroxyl groups is 1. The van der Waals surface area contributed by atoms with Crippen molar-refractivity contribution in [1.82, 2.24) is 4.98 Å². The highest BCUT2D eigenvalue weighted by molar-refractivity contribution is 5.51. The number of anilines is 1. The summed E-state index contributed by atoms with van der Waals surface area (Å²) in [6.45, 7) is -0.596. The van der Waals surface area contributed by atoms with Crippen LogP contribution in [-0.2, 0) is 12.8 Å². The minimum Gasteiger partial charge on any atom is -0.502 e. The van der Waals surface area contributed by atoms with E-state index < -0.39 is 35.6 Å². The van der Waals surface area contributed by atoms with Gasteiger partial charge in [0.15, 0.2) is 5.76 Å². The van der Waals surface area contributed by atoms with Crippen LogP contribution in [0.3, 0.4) is 0 Å². The maximum absolute atomic E-state index is 13.0. The van der Waals surface area contributed by atoms with Gasteiger partial charge < -0.3 is 19.9 Å². The Hall–Kier alpha value is -3.33. The van der Waals surface area contributed by atoms with Crippen LogP contribution < -0.4 is 10.7 Å².